The van der Waals surface area contributed by atoms with E-state index in [1.54, 1.807) is 6.92 Å². The zero-order chi connectivity index (χ0) is 16.0. The molecule has 0 saturated heterocycles. The Hall–Kier alpha value is -1.10. The van der Waals surface area contributed by atoms with E-state index in [1.807, 2.05) is 6.92 Å². The van der Waals surface area contributed by atoms with Crippen molar-refractivity contribution in [2.45, 2.75) is 70.0 Å². The first kappa shape index (κ1) is 15.8. The zero-order valence-electron chi connectivity index (χ0n) is 13.5. The van der Waals surface area contributed by atoms with Gasteiger partial charge >= 0.3 is 11.9 Å². The molecule has 0 amide bonds. The molecule has 124 valence electrons. The summed E-state index contributed by atoms with van der Waals surface area (Å²) in [6, 6.07) is 0. The van der Waals surface area contributed by atoms with E-state index in [0.29, 0.717) is 24.7 Å². The number of esters is 2. The normalized spacial score (nSPS) is 40.3. The van der Waals surface area contributed by atoms with Crippen LogP contribution in [0.2, 0.25) is 0 Å². The Morgan fingerprint density at radius 2 is 1.86 bits per heavy atom. The highest BCUT2D eigenvalue weighted by molar-refractivity contribution is 5.77. The van der Waals surface area contributed by atoms with Gasteiger partial charge in [0.05, 0.1) is 11.5 Å². The van der Waals surface area contributed by atoms with Crippen molar-refractivity contribution in [2.75, 3.05) is 6.61 Å². The van der Waals surface area contributed by atoms with Crippen LogP contribution in [0.25, 0.3) is 0 Å². The van der Waals surface area contributed by atoms with Crippen LogP contribution in [-0.4, -0.2) is 34.9 Å². The Bertz CT molecular complexity index is 458. The smallest absolute Gasteiger partial charge is 0.344 e. The molecule has 4 aliphatic carbocycles. The molecular weight excluding hydrogens is 284 g/mol. The number of rotatable bonds is 5. The van der Waals surface area contributed by atoms with Crippen LogP contribution in [-0.2, 0) is 19.1 Å². The van der Waals surface area contributed by atoms with Crippen molar-refractivity contribution in [3.8, 4) is 0 Å². The maximum atomic E-state index is 12.1. The number of aliphatic hydroxyl groups is 1. The fourth-order valence-corrected chi connectivity index (χ4v) is 4.96. The Labute approximate surface area is 131 Å². The van der Waals surface area contributed by atoms with Crippen LogP contribution in [0.4, 0.5) is 0 Å². The number of hydrogen-bond donors (Lipinski definition) is 1. The van der Waals surface area contributed by atoms with E-state index in [1.165, 1.54) is 0 Å². The minimum absolute atomic E-state index is 0.201. The molecule has 0 aromatic heterocycles. The summed E-state index contributed by atoms with van der Waals surface area (Å²) >= 11 is 0. The average Bonchev–Trinajstić information content (AvgIpc) is 2.40. The molecule has 4 fully saturated rings. The van der Waals surface area contributed by atoms with Crippen molar-refractivity contribution < 1.29 is 24.2 Å². The molecule has 0 spiro atoms. The molecular formula is C17H26O5. The summed E-state index contributed by atoms with van der Waals surface area (Å²) in [4.78, 5) is 23.7. The maximum absolute atomic E-state index is 12.1. The second kappa shape index (κ2) is 5.52. The SMILES string of the molecule is CCC(C)C(=O)OCC(=O)OC12CC3CC(CC(O)(C3)C1)C2. The van der Waals surface area contributed by atoms with Gasteiger partial charge in [-0.25, -0.2) is 4.79 Å². The maximum Gasteiger partial charge on any atom is 0.344 e. The summed E-state index contributed by atoms with van der Waals surface area (Å²) in [5.74, 6) is -0.123. The van der Waals surface area contributed by atoms with E-state index >= 15 is 0 Å². The Morgan fingerprint density at radius 1 is 1.23 bits per heavy atom. The van der Waals surface area contributed by atoms with Gasteiger partial charge in [0.15, 0.2) is 6.61 Å². The predicted molar refractivity (Wildman–Crippen MR) is 78.9 cm³/mol. The molecule has 4 saturated carbocycles. The molecule has 0 heterocycles. The lowest BCUT2D eigenvalue weighted by Gasteiger charge is -2.59. The van der Waals surface area contributed by atoms with Gasteiger partial charge in [0, 0.05) is 6.42 Å². The van der Waals surface area contributed by atoms with Crippen LogP contribution in [0.3, 0.4) is 0 Å². The molecule has 4 aliphatic rings. The van der Waals surface area contributed by atoms with Gasteiger partial charge < -0.3 is 14.6 Å². The largest absolute Gasteiger partial charge is 0.456 e. The highest BCUT2D eigenvalue weighted by Gasteiger charge is 2.59. The third-order valence-corrected chi connectivity index (χ3v) is 5.65. The second-order valence-electron chi connectivity index (χ2n) is 7.76. The van der Waals surface area contributed by atoms with Crippen molar-refractivity contribution in [1.29, 1.82) is 0 Å². The van der Waals surface area contributed by atoms with E-state index in [9.17, 15) is 14.7 Å². The number of hydrogen-bond acceptors (Lipinski definition) is 5. The minimum atomic E-state index is -0.655. The number of carbonyl (C=O) groups is 2. The summed E-state index contributed by atoms with van der Waals surface area (Å²) in [6.07, 6.45) is 5.74. The van der Waals surface area contributed by atoms with Gasteiger partial charge in [0.1, 0.15) is 5.60 Å². The Kier molecular flexibility index (Phi) is 3.96. The lowest BCUT2D eigenvalue weighted by Crippen LogP contribution is -2.60. The number of carbonyl (C=O) groups excluding carboxylic acids is 2. The molecule has 4 rings (SSSR count). The van der Waals surface area contributed by atoms with E-state index < -0.39 is 17.2 Å². The zero-order valence-corrected chi connectivity index (χ0v) is 13.5. The van der Waals surface area contributed by atoms with Gasteiger partial charge in [-0.1, -0.05) is 13.8 Å². The van der Waals surface area contributed by atoms with E-state index in [4.69, 9.17) is 9.47 Å². The molecule has 0 radical (unpaired) electrons. The van der Waals surface area contributed by atoms with Crippen molar-refractivity contribution >= 4 is 11.9 Å². The monoisotopic (exact) mass is 310 g/mol. The molecule has 5 nitrogen and oxygen atoms in total. The molecule has 3 atom stereocenters. The molecule has 3 unspecified atom stereocenters. The molecule has 0 aromatic rings. The van der Waals surface area contributed by atoms with Crippen LogP contribution in [0.15, 0.2) is 0 Å². The summed E-state index contributed by atoms with van der Waals surface area (Å²) < 4.78 is 10.7. The van der Waals surface area contributed by atoms with Gasteiger partial charge in [-0.05, 0) is 50.4 Å². The average molecular weight is 310 g/mol. The molecule has 22 heavy (non-hydrogen) atoms. The van der Waals surface area contributed by atoms with Gasteiger partial charge in [-0.15, -0.1) is 0 Å². The topological polar surface area (TPSA) is 72.8 Å². The Balaban J connectivity index is 1.56. The molecule has 1 N–H and O–H groups in total. The second-order valence-corrected chi connectivity index (χ2v) is 7.76. The van der Waals surface area contributed by atoms with Crippen molar-refractivity contribution in [1.82, 2.24) is 0 Å². The van der Waals surface area contributed by atoms with Crippen LogP contribution in [0.1, 0.15) is 58.8 Å². The molecule has 4 bridgehead atoms. The van der Waals surface area contributed by atoms with E-state index in [2.05, 4.69) is 0 Å². The van der Waals surface area contributed by atoms with Crippen LogP contribution in [0.5, 0.6) is 0 Å². The molecule has 0 aromatic carbocycles. The first-order valence-corrected chi connectivity index (χ1v) is 8.44. The van der Waals surface area contributed by atoms with Crippen molar-refractivity contribution in [3.63, 3.8) is 0 Å². The minimum Gasteiger partial charge on any atom is -0.456 e. The third-order valence-electron chi connectivity index (χ3n) is 5.65. The third kappa shape index (κ3) is 3.00. The summed E-state index contributed by atoms with van der Waals surface area (Å²) in [5.41, 5.74) is -1.18. The highest BCUT2D eigenvalue weighted by Crippen LogP contribution is 2.58. The molecule has 0 aliphatic heterocycles. The van der Waals surface area contributed by atoms with Gasteiger partial charge in [0.2, 0.25) is 0 Å². The van der Waals surface area contributed by atoms with Crippen LogP contribution in [0, 0.1) is 17.8 Å². The standard InChI is InChI=1S/C17H26O5/c1-3-11(2)15(19)21-9-14(18)22-17-7-12-4-13(8-17)6-16(20,5-12)10-17/h11-13,20H,3-10H2,1-2H3. The summed E-state index contributed by atoms with van der Waals surface area (Å²) in [7, 11) is 0. The van der Waals surface area contributed by atoms with Crippen molar-refractivity contribution in [3.05, 3.63) is 0 Å². The van der Waals surface area contributed by atoms with Crippen LogP contribution < -0.4 is 0 Å². The van der Waals surface area contributed by atoms with Gasteiger partial charge in [-0.3, -0.25) is 4.79 Å². The fourth-order valence-electron chi connectivity index (χ4n) is 4.96. The van der Waals surface area contributed by atoms with Crippen LogP contribution >= 0.6 is 0 Å². The lowest BCUT2D eigenvalue weighted by molar-refractivity contribution is -0.222. The van der Waals surface area contributed by atoms with Gasteiger partial charge in [-0.2, -0.15) is 0 Å². The predicted octanol–water partition coefficient (Wildman–Crippen LogP) is 2.20. The summed E-state index contributed by atoms with van der Waals surface area (Å²) in [6.45, 7) is 3.36. The van der Waals surface area contributed by atoms with E-state index in [0.717, 1.165) is 32.1 Å². The van der Waals surface area contributed by atoms with E-state index in [-0.39, 0.29) is 18.5 Å². The van der Waals surface area contributed by atoms with Gasteiger partial charge in [0.25, 0.3) is 0 Å². The quantitative estimate of drug-likeness (QED) is 0.788. The first-order valence-electron chi connectivity index (χ1n) is 8.44. The Morgan fingerprint density at radius 3 is 2.41 bits per heavy atom. The number of ether oxygens (including phenoxy) is 2. The van der Waals surface area contributed by atoms with Crippen molar-refractivity contribution in [2.24, 2.45) is 17.8 Å². The molecule has 5 heteroatoms. The first-order chi connectivity index (χ1) is 10.3. The lowest BCUT2D eigenvalue weighted by atomic mass is 9.52. The highest BCUT2D eigenvalue weighted by atomic mass is 16.6. The fraction of sp³-hybridized carbons (Fsp3) is 0.882. The summed E-state index contributed by atoms with van der Waals surface area (Å²) in [5, 5.41) is 10.6.